The molecule has 0 spiro atoms. The summed E-state index contributed by atoms with van der Waals surface area (Å²) in [5.41, 5.74) is 4.38. The Morgan fingerprint density at radius 3 is 2.58 bits per heavy atom. The second kappa shape index (κ2) is 7.60. The maximum absolute atomic E-state index is 12.3. The first-order valence-electron chi connectivity index (χ1n) is 7.87. The van der Waals surface area contributed by atoms with E-state index >= 15 is 0 Å². The molecule has 0 saturated heterocycles. The van der Waals surface area contributed by atoms with Gasteiger partial charge in [0.1, 0.15) is 22.9 Å². The Bertz CT molecular complexity index is 963. The van der Waals surface area contributed by atoms with Crippen LogP contribution in [0.15, 0.2) is 47.6 Å². The van der Waals surface area contributed by atoms with E-state index < -0.39 is 0 Å². The Hall–Kier alpha value is -3.48. The number of benzene rings is 2. The lowest BCUT2D eigenvalue weighted by Crippen LogP contribution is -2.17. The normalized spacial score (nSPS) is 10.9. The summed E-state index contributed by atoms with van der Waals surface area (Å²) in [7, 11) is 4.73. The molecule has 2 N–H and O–H groups in total. The van der Waals surface area contributed by atoms with Crippen LogP contribution in [0.2, 0.25) is 0 Å². The van der Waals surface area contributed by atoms with Gasteiger partial charge in [-0.3, -0.25) is 4.79 Å². The Balaban J connectivity index is 1.78. The second-order valence-corrected chi connectivity index (χ2v) is 5.41. The van der Waals surface area contributed by atoms with Gasteiger partial charge in [0.05, 0.1) is 27.5 Å². The van der Waals surface area contributed by atoms with Crippen LogP contribution in [0.1, 0.15) is 16.1 Å². The molecule has 1 amide bonds. The van der Waals surface area contributed by atoms with E-state index in [0.29, 0.717) is 28.5 Å². The number of amides is 1. The number of rotatable bonds is 6. The summed E-state index contributed by atoms with van der Waals surface area (Å²) >= 11 is 0. The van der Waals surface area contributed by atoms with Gasteiger partial charge in [-0.05, 0) is 36.4 Å². The van der Waals surface area contributed by atoms with Crippen LogP contribution in [-0.2, 0) is 0 Å². The monoisotopic (exact) mass is 353 g/mol. The van der Waals surface area contributed by atoms with Gasteiger partial charge in [-0.25, -0.2) is 5.43 Å². The summed E-state index contributed by atoms with van der Waals surface area (Å²) in [5, 5.41) is 4.84. The van der Waals surface area contributed by atoms with Crippen LogP contribution in [0, 0.1) is 0 Å². The SMILES string of the molecule is COc1ccc(OC)c(/C=N/NC(=O)c2cc3c(OC)cccc3[nH]2)c1. The van der Waals surface area contributed by atoms with Gasteiger partial charge < -0.3 is 19.2 Å². The number of ether oxygens (including phenoxy) is 3. The van der Waals surface area contributed by atoms with Crippen molar-refractivity contribution in [2.45, 2.75) is 0 Å². The van der Waals surface area contributed by atoms with E-state index in [-0.39, 0.29) is 5.91 Å². The zero-order valence-electron chi connectivity index (χ0n) is 14.7. The molecular formula is C19H19N3O4. The molecule has 134 valence electrons. The fourth-order valence-electron chi connectivity index (χ4n) is 2.59. The number of methoxy groups -OCH3 is 3. The molecule has 7 heteroatoms. The first kappa shape index (κ1) is 17.3. The predicted molar refractivity (Wildman–Crippen MR) is 99.5 cm³/mol. The number of hydrogen-bond acceptors (Lipinski definition) is 5. The van der Waals surface area contributed by atoms with E-state index in [9.17, 15) is 4.79 Å². The van der Waals surface area contributed by atoms with Crippen LogP contribution >= 0.6 is 0 Å². The Morgan fingerprint density at radius 2 is 1.85 bits per heavy atom. The van der Waals surface area contributed by atoms with Crippen LogP contribution in [0.4, 0.5) is 0 Å². The summed E-state index contributed by atoms with van der Waals surface area (Å²) in [5.74, 6) is 1.63. The molecule has 0 fully saturated rings. The van der Waals surface area contributed by atoms with Gasteiger partial charge in [0.2, 0.25) is 0 Å². The number of fused-ring (bicyclic) bond motifs is 1. The summed E-state index contributed by atoms with van der Waals surface area (Å²) < 4.78 is 15.8. The fourth-order valence-corrected chi connectivity index (χ4v) is 2.59. The Morgan fingerprint density at radius 1 is 1.04 bits per heavy atom. The number of nitrogens with zero attached hydrogens (tertiary/aromatic N) is 1. The number of carbonyl (C=O) groups excluding carboxylic acids is 1. The minimum atomic E-state index is -0.360. The molecule has 0 aliphatic heterocycles. The maximum atomic E-state index is 12.3. The lowest BCUT2D eigenvalue weighted by molar-refractivity contribution is 0.0951. The summed E-state index contributed by atoms with van der Waals surface area (Å²) in [6.45, 7) is 0. The number of hydrogen-bond donors (Lipinski definition) is 2. The first-order chi connectivity index (χ1) is 12.7. The van der Waals surface area contributed by atoms with E-state index in [4.69, 9.17) is 14.2 Å². The molecule has 7 nitrogen and oxygen atoms in total. The van der Waals surface area contributed by atoms with Crippen molar-refractivity contribution in [3.8, 4) is 17.2 Å². The molecule has 1 heterocycles. The highest BCUT2D eigenvalue weighted by Crippen LogP contribution is 2.26. The van der Waals surface area contributed by atoms with Crippen LogP contribution in [0.3, 0.4) is 0 Å². The largest absolute Gasteiger partial charge is 0.497 e. The Kier molecular flexibility index (Phi) is 5.07. The van der Waals surface area contributed by atoms with Crippen LogP contribution in [0.5, 0.6) is 17.2 Å². The first-order valence-corrected chi connectivity index (χ1v) is 7.87. The van der Waals surface area contributed by atoms with Crippen molar-refractivity contribution in [2.24, 2.45) is 5.10 Å². The topological polar surface area (TPSA) is 84.9 Å². The van der Waals surface area contributed by atoms with E-state index in [1.807, 2.05) is 18.2 Å². The highest BCUT2D eigenvalue weighted by atomic mass is 16.5. The van der Waals surface area contributed by atoms with E-state index in [1.54, 1.807) is 45.6 Å². The highest BCUT2D eigenvalue weighted by molar-refractivity contribution is 6.00. The van der Waals surface area contributed by atoms with Gasteiger partial charge in [-0.1, -0.05) is 6.07 Å². The van der Waals surface area contributed by atoms with Crippen molar-refractivity contribution in [1.82, 2.24) is 10.4 Å². The van der Waals surface area contributed by atoms with Crippen molar-refractivity contribution in [1.29, 1.82) is 0 Å². The third kappa shape index (κ3) is 3.46. The molecule has 1 aromatic heterocycles. The lowest BCUT2D eigenvalue weighted by atomic mass is 10.2. The van der Waals surface area contributed by atoms with Gasteiger partial charge in [0.25, 0.3) is 5.91 Å². The Labute approximate surface area is 150 Å². The molecule has 26 heavy (non-hydrogen) atoms. The van der Waals surface area contributed by atoms with E-state index in [0.717, 1.165) is 10.9 Å². The molecular weight excluding hydrogens is 334 g/mol. The van der Waals surface area contributed by atoms with Gasteiger partial charge in [-0.15, -0.1) is 0 Å². The van der Waals surface area contributed by atoms with Gasteiger partial charge in [0.15, 0.2) is 0 Å². The third-order valence-electron chi connectivity index (χ3n) is 3.90. The number of nitrogens with one attached hydrogen (secondary N) is 2. The molecule has 3 aromatic rings. The molecule has 0 unspecified atom stereocenters. The fraction of sp³-hybridized carbons (Fsp3) is 0.158. The van der Waals surface area contributed by atoms with Crippen molar-refractivity contribution in [3.05, 3.63) is 53.7 Å². The molecule has 0 bridgehead atoms. The number of aromatic nitrogens is 1. The van der Waals surface area contributed by atoms with Crippen molar-refractivity contribution >= 4 is 23.0 Å². The van der Waals surface area contributed by atoms with Gasteiger partial charge >= 0.3 is 0 Å². The maximum Gasteiger partial charge on any atom is 0.287 e. The summed E-state index contributed by atoms with van der Waals surface area (Å²) in [4.78, 5) is 15.4. The zero-order chi connectivity index (χ0) is 18.5. The average molecular weight is 353 g/mol. The number of carbonyl (C=O) groups is 1. The molecule has 0 saturated carbocycles. The standard InChI is InChI=1S/C19H19N3O4/c1-24-13-7-8-17(25-2)12(9-13)11-20-22-19(23)16-10-14-15(21-16)5-4-6-18(14)26-3/h4-11,21H,1-3H3,(H,22,23)/b20-11+. The molecule has 3 rings (SSSR count). The smallest absolute Gasteiger partial charge is 0.287 e. The number of hydrazone groups is 1. The van der Waals surface area contributed by atoms with E-state index in [2.05, 4.69) is 15.5 Å². The number of H-pyrrole nitrogens is 1. The minimum absolute atomic E-state index is 0.360. The quantitative estimate of drug-likeness (QED) is 0.527. The van der Waals surface area contributed by atoms with E-state index in [1.165, 1.54) is 6.21 Å². The van der Waals surface area contributed by atoms with Gasteiger partial charge in [-0.2, -0.15) is 5.10 Å². The molecule has 0 aliphatic rings. The average Bonchev–Trinajstić information content (AvgIpc) is 3.12. The van der Waals surface area contributed by atoms with Crippen molar-refractivity contribution in [3.63, 3.8) is 0 Å². The van der Waals surface area contributed by atoms with Crippen molar-refractivity contribution in [2.75, 3.05) is 21.3 Å². The number of aromatic amines is 1. The molecule has 2 aromatic carbocycles. The third-order valence-corrected chi connectivity index (χ3v) is 3.90. The highest BCUT2D eigenvalue weighted by Gasteiger charge is 2.11. The second-order valence-electron chi connectivity index (χ2n) is 5.41. The molecule has 0 aliphatic carbocycles. The van der Waals surface area contributed by atoms with Crippen LogP contribution in [0.25, 0.3) is 10.9 Å². The van der Waals surface area contributed by atoms with Crippen LogP contribution < -0.4 is 19.6 Å². The lowest BCUT2D eigenvalue weighted by Gasteiger charge is -2.06. The van der Waals surface area contributed by atoms with Crippen molar-refractivity contribution < 1.29 is 19.0 Å². The van der Waals surface area contributed by atoms with Crippen LogP contribution in [-0.4, -0.2) is 38.4 Å². The molecule has 0 radical (unpaired) electrons. The molecule has 0 atom stereocenters. The predicted octanol–water partition coefficient (Wildman–Crippen LogP) is 2.96. The summed E-state index contributed by atoms with van der Waals surface area (Å²) in [6.07, 6.45) is 1.50. The summed E-state index contributed by atoms with van der Waals surface area (Å²) in [6, 6.07) is 12.6. The minimum Gasteiger partial charge on any atom is -0.497 e. The van der Waals surface area contributed by atoms with Gasteiger partial charge in [0, 0.05) is 16.5 Å². The zero-order valence-corrected chi connectivity index (χ0v) is 14.7.